The van der Waals surface area contributed by atoms with Crippen molar-refractivity contribution in [1.82, 2.24) is 0 Å². The van der Waals surface area contributed by atoms with Crippen LogP contribution in [0.4, 0.5) is 0 Å². The van der Waals surface area contributed by atoms with Gasteiger partial charge in [0.1, 0.15) is 28.2 Å². The maximum Gasteiger partial charge on any atom is 0.216 e. The van der Waals surface area contributed by atoms with Gasteiger partial charge in [-0.25, -0.2) is 18.3 Å². The van der Waals surface area contributed by atoms with E-state index in [-0.39, 0.29) is 0 Å². The predicted molar refractivity (Wildman–Crippen MR) is 409 cm³/mol. The Labute approximate surface area is 594 Å². The van der Waals surface area contributed by atoms with Crippen LogP contribution >= 0.6 is 0 Å². The third kappa shape index (κ3) is 13.5. The van der Waals surface area contributed by atoms with Crippen LogP contribution in [-0.4, -0.2) is 0 Å². The second kappa shape index (κ2) is 28.2. The molecule has 4 nitrogen and oxygen atoms in total. The van der Waals surface area contributed by atoms with Gasteiger partial charge in [0.15, 0.2) is 24.8 Å². The van der Waals surface area contributed by atoms with Crippen molar-refractivity contribution in [3.05, 3.63) is 261 Å². The minimum atomic E-state index is 0.463. The molecule has 0 saturated heterocycles. The Kier molecular flexibility index (Phi) is 19.0. The Morgan fingerprint density at radius 1 is 0.283 bits per heavy atom. The Morgan fingerprint density at radius 3 is 1.10 bits per heavy atom. The van der Waals surface area contributed by atoms with Crippen LogP contribution in [0.15, 0.2) is 195 Å². The van der Waals surface area contributed by atoms with E-state index in [1.165, 1.54) is 263 Å². The standard InChI is InChI=1S/C27H30N.C26H28N.2C21H26N/c1-20-8-4-5-9-25(20)26-13-12-23(19-28(26)2)21-10-11-22-17-27(18-24(22)16-21)14-6-3-7-15-27;1-19-7-3-4-8-24(19)25-12-11-22(18-27(25)2)20-9-10-21-16-26(13-5-6-14-26)17-23(21)15-20;1-16-8-4-5-9-18(16)20-19-17(11-15-22(20)2)10-14-21(19)12-6-3-7-13-21;1-16-8-4-5-9-18(16)20-19-15-21(11-6-3-7-12-21)14-17(19)10-13-22(20)2/h4-5,8-13,16,19H,3,6-7,14-15,17-18H2,1-2H3;3-4,7-12,15,18H,5-6,13-14,16-17H2,1-2H3;4-5,8-9,11,15H,3,6-7,10,12-14H2,1-2H3;4-5,8-10,13H,3,6-7,11-12,14-15H2,1-2H3/q4*+1. The van der Waals surface area contributed by atoms with Crippen molar-refractivity contribution < 1.29 is 18.3 Å². The molecule has 0 N–H and O–H groups in total. The molecule has 10 aromatic rings. The van der Waals surface area contributed by atoms with Gasteiger partial charge in [0, 0.05) is 74.2 Å². The number of hydrogen-bond donors (Lipinski definition) is 0. The summed E-state index contributed by atoms with van der Waals surface area (Å²) in [7, 11) is 8.74. The number of aromatic nitrogens is 4. The van der Waals surface area contributed by atoms with E-state index in [0.29, 0.717) is 21.7 Å². The number of benzene rings is 6. The molecule has 0 atom stereocenters. The lowest BCUT2D eigenvalue weighted by molar-refractivity contribution is -0.661. The lowest BCUT2D eigenvalue weighted by Crippen LogP contribution is -2.36. The number of pyridine rings is 4. The molecule has 0 aliphatic heterocycles. The molecule has 18 rings (SSSR count). The highest BCUT2D eigenvalue weighted by atomic mass is 14.9. The van der Waals surface area contributed by atoms with Crippen LogP contribution in [0.25, 0.3) is 67.3 Å². The topological polar surface area (TPSA) is 15.5 Å². The van der Waals surface area contributed by atoms with E-state index in [4.69, 9.17) is 0 Å². The van der Waals surface area contributed by atoms with Crippen molar-refractivity contribution in [3.63, 3.8) is 0 Å². The normalized spacial score (nSPS) is 18.3. The monoisotopic (exact) mass is 1310 g/mol. The second-order valence-electron chi connectivity index (χ2n) is 32.7. The number of nitrogens with zero attached hydrogens (tertiary/aromatic N) is 4. The molecule has 4 heteroatoms. The summed E-state index contributed by atoms with van der Waals surface area (Å²) < 4.78 is 9.24. The summed E-state index contributed by atoms with van der Waals surface area (Å²) in [6, 6.07) is 63.2. The molecule has 8 aliphatic rings. The van der Waals surface area contributed by atoms with Crippen LogP contribution in [-0.2, 0) is 78.6 Å². The first-order chi connectivity index (χ1) is 48.2. The zero-order valence-corrected chi connectivity index (χ0v) is 61.4. The molecule has 0 radical (unpaired) electrons. The minimum Gasteiger partial charge on any atom is -0.201 e. The first-order valence-electron chi connectivity index (χ1n) is 38.7. The molecule has 6 aromatic carbocycles. The van der Waals surface area contributed by atoms with Gasteiger partial charge in [-0.05, 0) is 250 Å². The van der Waals surface area contributed by atoms with Crippen LogP contribution in [0, 0.1) is 43.9 Å². The number of rotatable bonds is 6. The summed E-state index contributed by atoms with van der Waals surface area (Å²) in [5, 5.41) is 0. The molecule has 8 aliphatic carbocycles. The van der Waals surface area contributed by atoms with E-state index < -0.39 is 0 Å². The molecule has 99 heavy (non-hydrogen) atoms. The zero-order valence-electron chi connectivity index (χ0n) is 61.4. The van der Waals surface area contributed by atoms with Gasteiger partial charge in [0.25, 0.3) is 0 Å². The summed E-state index contributed by atoms with van der Waals surface area (Å²) in [6.45, 7) is 8.85. The quantitative estimate of drug-likeness (QED) is 0.148. The largest absolute Gasteiger partial charge is 0.216 e. The second-order valence-corrected chi connectivity index (χ2v) is 32.7. The smallest absolute Gasteiger partial charge is 0.201 e. The third-order valence-corrected chi connectivity index (χ3v) is 26.0. The molecule has 4 fully saturated rings. The van der Waals surface area contributed by atoms with Crippen molar-refractivity contribution in [2.45, 2.75) is 206 Å². The molecule has 0 bridgehead atoms. The average molecular weight is 1310 g/mol. The summed E-state index contributed by atoms with van der Waals surface area (Å²) in [5.41, 5.74) is 36.8. The lowest BCUT2D eigenvalue weighted by atomic mass is 9.69. The van der Waals surface area contributed by atoms with Crippen LogP contribution in [0.3, 0.4) is 0 Å². The van der Waals surface area contributed by atoms with E-state index in [0.717, 1.165) is 0 Å². The highest BCUT2D eigenvalue weighted by Gasteiger charge is 2.46. The average Bonchev–Trinajstić information content (AvgIpc) is 1.64. The maximum atomic E-state index is 2.47. The molecule has 4 spiro atoms. The van der Waals surface area contributed by atoms with Crippen molar-refractivity contribution in [2.24, 2.45) is 44.4 Å². The van der Waals surface area contributed by atoms with Gasteiger partial charge < -0.3 is 0 Å². The van der Waals surface area contributed by atoms with Gasteiger partial charge in [-0.3, -0.25) is 0 Å². The number of aryl methyl sites for hydroxylation is 9. The van der Waals surface area contributed by atoms with Crippen molar-refractivity contribution >= 4 is 0 Å². The summed E-state index contributed by atoms with van der Waals surface area (Å²) in [4.78, 5) is 0. The minimum absolute atomic E-state index is 0.463. The van der Waals surface area contributed by atoms with Gasteiger partial charge >= 0.3 is 0 Å². The van der Waals surface area contributed by atoms with Crippen LogP contribution in [0.5, 0.6) is 0 Å². The van der Waals surface area contributed by atoms with Crippen LogP contribution in [0.2, 0.25) is 0 Å². The number of fused-ring (bicyclic) bond motifs is 5. The molecule has 0 amide bonds. The zero-order chi connectivity index (χ0) is 67.9. The van der Waals surface area contributed by atoms with Crippen molar-refractivity contribution in [3.8, 4) is 67.3 Å². The van der Waals surface area contributed by atoms with Gasteiger partial charge in [-0.2, -0.15) is 0 Å². The number of hydrogen-bond acceptors (Lipinski definition) is 0. The highest BCUT2D eigenvalue weighted by Crippen LogP contribution is 2.54. The van der Waals surface area contributed by atoms with Crippen LogP contribution in [0.1, 0.15) is 195 Å². The molecular formula is C95H110N4+4. The Bertz CT molecular complexity index is 4600. The van der Waals surface area contributed by atoms with E-state index in [2.05, 4.69) is 269 Å². The fraction of sp³-hybridized carbons (Fsp3) is 0.411. The summed E-state index contributed by atoms with van der Waals surface area (Å²) >= 11 is 0. The Balaban J connectivity index is 0.000000108. The summed E-state index contributed by atoms with van der Waals surface area (Å²) in [6.07, 6.45) is 46.6. The van der Waals surface area contributed by atoms with Gasteiger partial charge in [-0.15, -0.1) is 0 Å². The Hall–Kier alpha value is -8.08. The first-order valence-corrected chi connectivity index (χ1v) is 38.7. The molecule has 4 heterocycles. The molecule has 4 saturated carbocycles. The van der Waals surface area contributed by atoms with E-state index in [1.54, 1.807) is 44.5 Å². The van der Waals surface area contributed by atoms with Gasteiger partial charge in [0.05, 0.1) is 0 Å². The van der Waals surface area contributed by atoms with Crippen molar-refractivity contribution in [2.75, 3.05) is 0 Å². The lowest BCUT2D eigenvalue weighted by Gasteiger charge is -2.34. The van der Waals surface area contributed by atoms with Crippen molar-refractivity contribution in [1.29, 1.82) is 0 Å². The van der Waals surface area contributed by atoms with Gasteiger partial charge in [-0.1, -0.05) is 180 Å². The SMILES string of the molecule is Cc1ccccc1-c1c2c(cc[n+]1C)CC1(CCCCC1)C2.Cc1ccccc1-c1c2c(cc[n+]1C)CCC21CCCCC1.Cc1ccccc1-c1ccc(-c2ccc3c(c2)CC2(CCCC2)C3)c[n+]1C.Cc1ccccc1-c1ccc(-c2ccc3c(c2)CC2(CCCCC2)C3)c[n+]1C. The van der Waals surface area contributed by atoms with Gasteiger partial charge in [0.2, 0.25) is 22.8 Å². The van der Waals surface area contributed by atoms with Crippen LogP contribution < -0.4 is 18.3 Å². The Morgan fingerprint density at radius 2 is 0.646 bits per heavy atom. The van der Waals surface area contributed by atoms with E-state index >= 15 is 0 Å². The maximum absolute atomic E-state index is 2.47. The first kappa shape index (κ1) is 66.8. The fourth-order valence-corrected chi connectivity index (χ4v) is 20.7. The van der Waals surface area contributed by atoms with E-state index in [9.17, 15) is 0 Å². The molecule has 0 unspecified atom stereocenters. The summed E-state index contributed by atoms with van der Waals surface area (Å²) in [5.74, 6) is 0. The molecule has 4 aromatic heterocycles. The predicted octanol–water partition coefficient (Wildman–Crippen LogP) is 21.2. The molecule has 506 valence electrons. The van der Waals surface area contributed by atoms with E-state index in [1.807, 2.05) is 0 Å². The molecular weight excluding hydrogens is 1200 g/mol. The fourth-order valence-electron chi connectivity index (χ4n) is 20.7. The third-order valence-electron chi connectivity index (χ3n) is 26.0. The highest BCUT2D eigenvalue weighted by molar-refractivity contribution is 5.71.